The summed E-state index contributed by atoms with van der Waals surface area (Å²) in [4.78, 5) is 12.7. The van der Waals surface area contributed by atoms with Crippen LogP contribution in [0.1, 0.15) is 122 Å². The molecule has 0 radical (unpaired) electrons. The summed E-state index contributed by atoms with van der Waals surface area (Å²) in [7, 11) is 4.15. The standard InChI is InChI=1S/C31H59NO4/c1-4-5-11-16-26-21-28(26)23-29-22-27(29)17-12-8-6-7-9-14-19-35-24-30(32(2)3)25-36-20-15-10-13-18-31(33)34/h26-30H,4-25H2,1-3H3,(H,33,34). The molecule has 5 unspecified atom stereocenters. The van der Waals surface area contributed by atoms with Gasteiger partial charge < -0.3 is 19.5 Å². The third kappa shape index (κ3) is 15.6. The summed E-state index contributed by atoms with van der Waals surface area (Å²) >= 11 is 0. The predicted molar refractivity (Wildman–Crippen MR) is 149 cm³/mol. The van der Waals surface area contributed by atoms with Crippen LogP contribution in [0.5, 0.6) is 0 Å². The van der Waals surface area contributed by atoms with Crippen LogP contribution in [0, 0.1) is 23.7 Å². The van der Waals surface area contributed by atoms with Gasteiger partial charge in [-0.15, -0.1) is 0 Å². The topological polar surface area (TPSA) is 59.0 Å². The van der Waals surface area contributed by atoms with Gasteiger partial charge in [-0.1, -0.05) is 77.6 Å². The Hall–Kier alpha value is -0.650. The second-order valence-corrected chi connectivity index (χ2v) is 12.1. The van der Waals surface area contributed by atoms with Crippen LogP contribution in [0.2, 0.25) is 0 Å². The molecule has 0 bridgehead atoms. The van der Waals surface area contributed by atoms with Gasteiger partial charge in [0.15, 0.2) is 0 Å². The van der Waals surface area contributed by atoms with Crippen LogP contribution in [0.4, 0.5) is 0 Å². The third-order valence-corrected chi connectivity index (χ3v) is 8.57. The lowest BCUT2D eigenvalue weighted by Crippen LogP contribution is -2.37. The van der Waals surface area contributed by atoms with E-state index in [1.165, 1.54) is 64.2 Å². The van der Waals surface area contributed by atoms with Gasteiger partial charge in [-0.25, -0.2) is 0 Å². The maximum absolute atomic E-state index is 10.5. The Morgan fingerprint density at radius 2 is 1.25 bits per heavy atom. The Kier molecular flexibility index (Phi) is 17.0. The quantitative estimate of drug-likeness (QED) is 0.122. The molecule has 0 aliphatic heterocycles. The molecule has 0 aromatic rings. The number of nitrogens with zero attached hydrogens (tertiary/aromatic N) is 1. The molecule has 0 saturated heterocycles. The van der Waals surface area contributed by atoms with Crippen molar-refractivity contribution in [2.24, 2.45) is 23.7 Å². The van der Waals surface area contributed by atoms with E-state index in [0.717, 1.165) is 62.6 Å². The molecule has 0 amide bonds. The van der Waals surface area contributed by atoms with Gasteiger partial charge in [0, 0.05) is 19.6 Å². The predicted octanol–water partition coefficient (Wildman–Crippen LogP) is 7.57. The molecule has 2 aliphatic carbocycles. The summed E-state index contributed by atoms with van der Waals surface area (Å²) in [5.41, 5.74) is 0. The fourth-order valence-corrected chi connectivity index (χ4v) is 5.71. The number of unbranched alkanes of at least 4 members (excludes halogenated alkanes) is 9. The molecule has 0 aromatic carbocycles. The fourth-order valence-electron chi connectivity index (χ4n) is 5.71. The van der Waals surface area contributed by atoms with Crippen molar-refractivity contribution in [3.63, 3.8) is 0 Å². The van der Waals surface area contributed by atoms with Crippen molar-refractivity contribution < 1.29 is 19.4 Å². The monoisotopic (exact) mass is 509 g/mol. The van der Waals surface area contributed by atoms with Crippen LogP contribution in [-0.2, 0) is 14.3 Å². The van der Waals surface area contributed by atoms with Crippen molar-refractivity contribution in [1.82, 2.24) is 4.90 Å². The molecule has 2 saturated carbocycles. The molecule has 5 nitrogen and oxygen atoms in total. The Bertz CT molecular complexity index is 555. The van der Waals surface area contributed by atoms with E-state index in [1.807, 2.05) is 0 Å². The van der Waals surface area contributed by atoms with E-state index in [9.17, 15) is 4.79 Å². The second-order valence-electron chi connectivity index (χ2n) is 12.1. The van der Waals surface area contributed by atoms with Gasteiger partial charge >= 0.3 is 5.97 Å². The molecule has 36 heavy (non-hydrogen) atoms. The molecule has 5 heteroatoms. The number of aliphatic carboxylic acids is 1. The first-order valence-electron chi connectivity index (χ1n) is 15.5. The van der Waals surface area contributed by atoms with Crippen molar-refractivity contribution in [2.45, 2.75) is 129 Å². The summed E-state index contributed by atoms with van der Waals surface area (Å²) in [5, 5.41) is 8.66. The highest BCUT2D eigenvalue weighted by molar-refractivity contribution is 5.66. The summed E-state index contributed by atoms with van der Waals surface area (Å²) < 4.78 is 11.7. The normalized spacial score (nSPS) is 23.8. The number of hydrogen-bond donors (Lipinski definition) is 1. The zero-order valence-electron chi connectivity index (χ0n) is 24.1. The third-order valence-electron chi connectivity index (χ3n) is 8.57. The van der Waals surface area contributed by atoms with Crippen LogP contribution in [0.15, 0.2) is 0 Å². The number of ether oxygens (including phenoxy) is 2. The number of rotatable bonds is 26. The van der Waals surface area contributed by atoms with Crippen LogP contribution < -0.4 is 0 Å². The molecular formula is C31H59NO4. The van der Waals surface area contributed by atoms with Crippen molar-refractivity contribution in [1.29, 1.82) is 0 Å². The van der Waals surface area contributed by atoms with Crippen LogP contribution >= 0.6 is 0 Å². The van der Waals surface area contributed by atoms with E-state index < -0.39 is 5.97 Å². The summed E-state index contributed by atoms with van der Waals surface area (Å²) in [5.74, 6) is 3.69. The van der Waals surface area contributed by atoms with Crippen molar-refractivity contribution in [3.05, 3.63) is 0 Å². The van der Waals surface area contributed by atoms with Crippen molar-refractivity contribution in [3.8, 4) is 0 Å². The second kappa shape index (κ2) is 19.4. The van der Waals surface area contributed by atoms with E-state index in [2.05, 4.69) is 25.9 Å². The van der Waals surface area contributed by atoms with E-state index >= 15 is 0 Å². The molecule has 2 fully saturated rings. The zero-order valence-corrected chi connectivity index (χ0v) is 24.1. The molecule has 0 spiro atoms. The van der Waals surface area contributed by atoms with E-state index in [4.69, 9.17) is 14.6 Å². The Morgan fingerprint density at radius 1 is 0.750 bits per heavy atom. The molecule has 2 aliphatic rings. The van der Waals surface area contributed by atoms with Gasteiger partial charge in [0.05, 0.1) is 19.3 Å². The minimum Gasteiger partial charge on any atom is -0.481 e. The van der Waals surface area contributed by atoms with Crippen LogP contribution in [-0.4, -0.2) is 62.5 Å². The first-order chi connectivity index (χ1) is 17.5. The van der Waals surface area contributed by atoms with Gasteiger partial charge in [-0.2, -0.15) is 0 Å². The average Bonchev–Trinajstić information content (AvgIpc) is 3.76. The number of carbonyl (C=O) groups is 1. The number of hydrogen-bond acceptors (Lipinski definition) is 4. The summed E-state index contributed by atoms with van der Waals surface area (Å²) in [6.07, 6.45) is 22.8. The minimum atomic E-state index is -0.711. The van der Waals surface area contributed by atoms with Gasteiger partial charge in [-0.3, -0.25) is 4.79 Å². The van der Waals surface area contributed by atoms with Gasteiger partial charge in [0.25, 0.3) is 0 Å². The summed E-state index contributed by atoms with van der Waals surface area (Å²) in [6, 6.07) is 0.280. The largest absolute Gasteiger partial charge is 0.481 e. The number of carboxylic acids is 1. The molecule has 1 N–H and O–H groups in total. The molecular weight excluding hydrogens is 450 g/mol. The highest BCUT2D eigenvalue weighted by Gasteiger charge is 2.44. The molecule has 2 rings (SSSR count). The summed E-state index contributed by atoms with van der Waals surface area (Å²) in [6.45, 7) is 5.26. The van der Waals surface area contributed by atoms with E-state index in [1.54, 1.807) is 19.3 Å². The smallest absolute Gasteiger partial charge is 0.303 e. The highest BCUT2D eigenvalue weighted by atomic mass is 16.5. The van der Waals surface area contributed by atoms with E-state index in [0.29, 0.717) is 13.2 Å². The Labute approximate surface area is 223 Å². The van der Waals surface area contributed by atoms with Crippen molar-refractivity contribution >= 4 is 5.97 Å². The van der Waals surface area contributed by atoms with Gasteiger partial charge in [0.1, 0.15) is 0 Å². The highest BCUT2D eigenvalue weighted by Crippen LogP contribution is 2.54. The van der Waals surface area contributed by atoms with E-state index in [-0.39, 0.29) is 12.5 Å². The average molecular weight is 510 g/mol. The first-order valence-corrected chi connectivity index (χ1v) is 15.5. The van der Waals surface area contributed by atoms with Crippen LogP contribution in [0.3, 0.4) is 0 Å². The van der Waals surface area contributed by atoms with Gasteiger partial charge in [-0.05, 0) is 76.3 Å². The zero-order chi connectivity index (χ0) is 26.0. The van der Waals surface area contributed by atoms with Crippen molar-refractivity contribution in [2.75, 3.05) is 40.5 Å². The fraction of sp³-hybridized carbons (Fsp3) is 0.968. The lowest BCUT2D eigenvalue weighted by atomic mass is 10.0. The molecule has 0 heterocycles. The van der Waals surface area contributed by atoms with Crippen LogP contribution in [0.25, 0.3) is 0 Å². The lowest BCUT2D eigenvalue weighted by Gasteiger charge is -2.24. The maximum Gasteiger partial charge on any atom is 0.303 e. The Morgan fingerprint density at radius 3 is 1.78 bits per heavy atom. The van der Waals surface area contributed by atoms with Gasteiger partial charge in [0.2, 0.25) is 0 Å². The maximum atomic E-state index is 10.5. The Balaban J connectivity index is 1.32. The molecule has 5 atom stereocenters. The lowest BCUT2D eigenvalue weighted by molar-refractivity contribution is -0.137. The first kappa shape index (κ1) is 31.6. The molecule has 0 aromatic heterocycles. The minimum absolute atomic E-state index is 0.259. The number of likely N-dealkylation sites (N-methyl/N-ethyl adjacent to an activating group) is 1. The molecule has 212 valence electrons. The number of carboxylic acid groups (broad SMARTS) is 1. The SMILES string of the molecule is CCCCCC1CC1CC1CC1CCCCCCCCOCC(COCCCCCC(=O)O)N(C)C.